The van der Waals surface area contributed by atoms with Gasteiger partial charge in [0.25, 0.3) is 0 Å². The first-order valence-electron chi connectivity index (χ1n) is 7.53. The Bertz CT molecular complexity index is 611. The van der Waals surface area contributed by atoms with E-state index in [9.17, 15) is 5.11 Å². The van der Waals surface area contributed by atoms with Crippen molar-refractivity contribution in [3.05, 3.63) is 24.0 Å². The van der Waals surface area contributed by atoms with Crippen LogP contribution in [0.3, 0.4) is 0 Å². The number of anilines is 1. The zero-order valence-electron chi connectivity index (χ0n) is 12.1. The largest absolute Gasteiger partial charge is 0.399 e. The number of hydrogen-bond donors (Lipinski definition) is 2. The van der Waals surface area contributed by atoms with Gasteiger partial charge in [-0.3, -0.25) is 0 Å². The highest BCUT2D eigenvalue weighted by Gasteiger charge is 2.33. The molecule has 1 aliphatic rings. The Morgan fingerprint density at radius 1 is 1.35 bits per heavy atom. The average molecular weight is 273 g/mol. The van der Waals surface area contributed by atoms with Crippen molar-refractivity contribution in [2.24, 2.45) is 5.41 Å². The van der Waals surface area contributed by atoms with Crippen LogP contribution >= 0.6 is 0 Å². The van der Waals surface area contributed by atoms with Gasteiger partial charge in [0.15, 0.2) is 0 Å². The van der Waals surface area contributed by atoms with Crippen LogP contribution in [0.4, 0.5) is 5.69 Å². The van der Waals surface area contributed by atoms with Gasteiger partial charge in [-0.1, -0.05) is 19.8 Å². The fraction of sp³-hybridized carbons (Fsp3) is 0.562. The van der Waals surface area contributed by atoms with Crippen LogP contribution in [0, 0.1) is 5.41 Å². The summed E-state index contributed by atoms with van der Waals surface area (Å²) in [5.74, 6) is 0.755. The number of aliphatic hydroxyl groups excluding tert-OH is 1. The lowest BCUT2D eigenvalue weighted by atomic mass is 9.83. The number of fused-ring (bicyclic) bond motifs is 1. The number of nitrogen functional groups attached to an aromatic ring is 1. The standard InChI is InChI=1S/C16H23N3O/c1-2-16(7-3-4-8-16)11-19-14-6-5-12(17)9-13(14)18-15(19)10-20/h5-6,9,20H,2-4,7-8,10-11,17H2,1H3. The van der Waals surface area contributed by atoms with Crippen LogP contribution in [0.1, 0.15) is 44.9 Å². The van der Waals surface area contributed by atoms with Crippen molar-refractivity contribution in [3.63, 3.8) is 0 Å². The normalized spacial score (nSPS) is 17.9. The molecule has 108 valence electrons. The fourth-order valence-corrected chi connectivity index (χ4v) is 3.58. The molecular weight excluding hydrogens is 250 g/mol. The summed E-state index contributed by atoms with van der Waals surface area (Å²) in [5.41, 5.74) is 8.90. The highest BCUT2D eigenvalue weighted by molar-refractivity contribution is 5.79. The Morgan fingerprint density at radius 2 is 2.10 bits per heavy atom. The van der Waals surface area contributed by atoms with E-state index in [4.69, 9.17) is 5.73 Å². The van der Waals surface area contributed by atoms with E-state index in [0.29, 0.717) is 5.41 Å². The summed E-state index contributed by atoms with van der Waals surface area (Å²) >= 11 is 0. The van der Waals surface area contributed by atoms with E-state index in [-0.39, 0.29) is 6.61 Å². The van der Waals surface area contributed by atoms with Crippen molar-refractivity contribution in [3.8, 4) is 0 Å². The predicted molar refractivity (Wildman–Crippen MR) is 81.3 cm³/mol. The maximum Gasteiger partial charge on any atom is 0.135 e. The molecule has 0 spiro atoms. The number of aliphatic hydroxyl groups is 1. The first-order valence-corrected chi connectivity index (χ1v) is 7.53. The van der Waals surface area contributed by atoms with Crippen LogP contribution in [0.15, 0.2) is 18.2 Å². The van der Waals surface area contributed by atoms with E-state index in [2.05, 4.69) is 16.5 Å². The molecule has 1 heterocycles. The smallest absolute Gasteiger partial charge is 0.135 e. The maximum atomic E-state index is 9.60. The second-order valence-electron chi connectivity index (χ2n) is 6.08. The van der Waals surface area contributed by atoms with Gasteiger partial charge in [0.05, 0.1) is 11.0 Å². The summed E-state index contributed by atoms with van der Waals surface area (Å²) in [6.45, 7) is 3.22. The van der Waals surface area contributed by atoms with Gasteiger partial charge in [-0.2, -0.15) is 0 Å². The van der Waals surface area contributed by atoms with Gasteiger partial charge >= 0.3 is 0 Å². The summed E-state index contributed by atoms with van der Waals surface area (Å²) in [5, 5.41) is 9.60. The van der Waals surface area contributed by atoms with Crippen molar-refractivity contribution >= 4 is 16.7 Å². The molecule has 1 aliphatic carbocycles. The number of imidazole rings is 1. The van der Waals surface area contributed by atoms with Gasteiger partial charge in [-0.25, -0.2) is 4.98 Å². The van der Waals surface area contributed by atoms with Crippen LogP contribution in [0.5, 0.6) is 0 Å². The van der Waals surface area contributed by atoms with E-state index < -0.39 is 0 Å². The van der Waals surface area contributed by atoms with Crippen molar-refractivity contribution in [1.82, 2.24) is 9.55 Å². The number of benzene rings is 1. The van der Waals surface area contributed by atoms with Crippen molar-refractivity contribution in [2.75, 3.05) is 5.73 Å². The second kappa shape index (κ2) is 5.09. The number of nitrogens with zero attached hydrogens (tertiary/aromatic N) is 2. The zero-order chi connectivity index (χ0) is 14.2. The molecule has 3 rings (SSSR count). The van der Waals surface area contributed by atoms with Crippen molar-refractivity contribution in [1.29, 1.82) is 0 Å². The molecule has 3 N–H and O–H groups in total. The van der Waals surface area contributed by atoms with E-state index in [0.717, 1.165) is 29.1 Å². The molecule has 4 heteroatoms. The van der Waals surface area contributed by atoms with Gasteiger partial charge in [-0.15, -0.1) is 0 Å². The van der Waals surface area contributed by atoms with Crippen LogP contribution < -0.4 is 5.73 Å². The minimum absolute atomic E-state index is 0.0195. The van der Waals surface area contributed by atoms with E-state index in [1.54, 1.807) is 0 Å². The number of aromatic nitrogens is 2. The lowest BCUT2D eigenvalue weighted by molar-refractivity contribution is 0.220. The van der Waals surface area contributed by atoms with E-state index >= 15 is 0 Å². The molecule has 4 nitrogen and oxygen atoms in total. The van der Waals surface area contributed by atoms with E-state index in [1.807, 2.05) is 18.2 Å². The first kappa shape index (κ1) is 13.4. The molecule has 0 saturated heterocycles. The van der Waals surface area contributed by atoms with Crippen LogP contribution in [0.2, 0.25) is 0 Å². The minimum Gasteiger partial charge on any atom is -0.399 e. The topological polar surface area (TPSA) is 64.1 Å². The molecule has 0 unspecified atom stereocenters. The lowest BCUT2D eigenvalue weighted by Crippen LogP contribution is -2.24. The predicted octanol–water partition coefficient (Wildman–Crippen LogP) is 3.08. The van der Waals surface area contributed by atoms with Gasteiger partial charge < -0.3 is 15.4 Å². The SMILES string of the molecule is CCC1(Cn2c(CO)nc3cc(N)ccc32)CCCC1. The molecule has 2 aromatic rings. The Morgan fingerprint density at radius 3 is 2.75 bits per heavy atom. The Balaban J connectivity index is 2.05. The monoisotopic (exact) mass is 273 g/mol. The molecule has 0 amide bonds. The third-order valence-corrected chi connectivity index (χ3v) is 4.90. The molecule has 1 saturated carbocycles. The summed E-state index contributed by atoms with van der Waals surface area (Å²) in [6, 6.07) is 5.82. The van der Waals surface area contributed by atoms with Gasteiger partial charge in [0.2, 0.25) is 0 Å². The molecule has 1 aromatic heterocycles. The van der Waals surface area contributed by atoms with Crippen LogP contribution in [-0.4, -0.2) is 14.7 Å². The lowest BCUT2D eigenvalue weighted by Gasteiger charge is -2.29. The third-order valence-electron chi connectivity index (χ3n) is 4.90. The average Bonchev–Trinajstić information content (AvgIpc) is 3.04. The molecule has 20 heavy (non-hydrogen) atoms. The zero-order valence-corrected chi connectivity index (χ0v) is 12.1. The molecule has 0 aliphatic heterocycles. The van der Waals surface area contributed by atoms with Gasteiger partial charge in [0.1, 0.15) is 12.4 Å². The summed E-state index contributed by atoms with van der Waals surface area (Å²) in [4.78, 5) is 4.53. The van der Waals surface area contributed by atoms with Crippen molar-refractivity contribution in [2.45, 2.75) is 52.2 Å². The Hall–Kier alpha value is -1.55. The maximum absolute atomic E-state index is 9.60. The molecule has 0 bridgehead atoms. The number of hydrogen-bond acceptors (Lipinski definition) is 3. The fourth-order valence-electron chi connectivity index (χ4n) is 3.58. The Kier molecular flexibility index (Phi) is 3.42. The first-order chi connectivity index (χ1) is 9.67. The molecular formula is C16H23N3O. The minimum atomic E-state index is -0.0195. The van der Waals surface area contributed by atoms with Crippen LogP contribution in [-0.2, 0) is 13.2 Å². The molecule has 0 radical (unpaired) electrons. The molecule has 1 aromatic carbocycles. The van der Waals surface area contributed by atoms with Gasteiger partial charge in [0, 0.05) is 12.2 Å². The summed E-state index contributed by atoms with van der Waals surface area (Å²) < 4.78 is 2.20. The van der Waals surface area contributed by atoms with E-state index in [1.165, 1.54) is 32.1 Å². The quantitative estimate of drug-likeness (QED) is 0.841. The number of nitrogens with two attached hydrogens (primary N) is 1. The third kappa shape index (κ3) is 2.18. The van der Waals surface area contributed by atoms with Crippen LogP contribution in [0.25, 0.3) is 11.0 Å². The number of rotatable bonds is 4. The van der Waals surface area contributed by atoms with Crippen molar-refractivity contribution < 1.29 is 5.11 Å². The molecule has 1 fully saturated rings. The molecule has 0 atom stereocenters. The summed E-state index contributed by atoms with van der Waals surface area (Å²) in [7, 11) is 0. The van der Waals surface area contributed by atoms with Gasteiger partial charge in [-0.05, 0) is 42.9 Å². The Labute approximate surface area is 119 Å². The second-order valence-corrected chi connectivity index (χ2v) is 6.08. The highest BCUT2D eigenvalue weighted by Crippen LogP contribution is 2.43. The highest BCUT2D eigenvalue weighted by atomic mass is 16.3. The summed E-state index contributed by atoms with van der Waals surface area (Å²) in [6.07, 6.45) is 6.39.